The first-order valence-electron chi connectivity index (χ1n) is 6.98. The second-order valence-electron chi connectivity index (χ2n) is 5.38. The van der Waals surface area contributed by atoms with E-state index in [1.165, 1.54) is 18.4 Å². The molecule has 0 saturated heterocycles. The summed E-state index contributed by atoms with van der Waals surface area (Å²) in [7, 11) is 0. The summed E-state index contributed by atoms with van der Waals surface area (Å²) in [4.78, 5) is 2.32. The largest absolute Gasteiger partial charge is 0.399 e. The lowest BCUT2D eigenvalue weighted by Gasteiger charge is -2.26. The number of nitriles is 1. The maximum Gasteiger partial charge on any atom is 0.101 e. The summed E-state index contributed by atoms with van der Waals surface area (Å²) in [6.07, 6.45) is 2.36. The van der Waals surface area contributed by atoms with E-state index < -0.39 is 0 Å². The van der Waals surface area contributed by atoms with Crippen LogP contribution in [0.2, 0.25) is 0 Å². The molecule has 0 aromatic heterocycles. The first kappa shape index (κ1) is 14.0. The zero-order valence-electron chi connectivity index (χ0n) is 11.6. The smallest absolute Gasteiger partial charge is 0.101 e. The van der Waals surface area contributed by atoms with Gasteiger partial charge in [0.15, 0.2) is 0 Å². The van der Waals surface area contributed by atoms with Crippen LogP contribution >= 0.6 is 15.9 Å². The minimum atomic E-state index is 0.521. The quantitative estimate of drug-likeness (QED) is 0.852. The van der Waals surface area contributed by atoms with Crippen molar-refractivity contribution in [2.45, 2.75) is 25.4 Å². The van der Waals surface area contributed by atoms with Gasteiger partial charge in [0.2, 0.25) is 0 Å². The molecule has 2 aromatic rings. The average molecular weight is 342 g/mol. The van der Waals surface area contributed by atoms with Gasteiger partial charge in [-0.05, 0) is 48.7 Å². The van der Waals surface area contributed by atoms with E-state index in [2.05, 4.69) is 33.0 Å². The molecule has 1 fully saturated rings. The Morgan fingerprint density at radius 1 is 1.24 bits per heavy atom. The molecule has 2 N–H and O–H groups in total. The molecule has 0 radical (unpaired) electrons. The van der Waals surface area contributed by atoms with Crippen molar-refractivity contribution in [2.24, 2.45) is 0 Å². The highest BCUT2D eigenvalue weighted by Crippen LogP contribution is 2.36. The Hall–Kier alpha value is -1.99. The van der Waals surface area contributed by atoms with Gasteiger partial charge < -0.3 is 10.6 Å². The molecule has 0 heterocycles. The Balaban J connectivity index is 1.96. The fourth-order valence-electron chi connectivity index (χ4n) is 2.52. The van der Waals surface area contributed by atoms with Gasteiger partial charge in [-0.15, -0.1) is 0 Å². The minimum Gasteiger partial charge on any atom is -0.399 e. The second-order valence-corrected chi connectivity index (χ2v) is 6.29. The van der Waals surface area contributed by atoms with E-state index in [0.29, 0.717) is 11.6 Å². The molecule has 0 bridgehead atoms. The molecule has 0 aliphatic heterocycles. The molecule has 0 amide bonds. The van der Waals surface area contributed by atoms with Crippen LogP contribution in [-0.2, 0) is 6.54 Å². The SMILES string of the molecule is N#Cc1ccc(Br)cc1N(Cc1cccc(N)c1)C1CC1. The van der Waals surface area contributed by atoms with E-state index in [4.69, 9.17) is 5.73 Å². The van der Waals surface area contributed by atoms with Crippen LogP contribution < -0.4 is 10.6 Å². The molecule has 2 aromatic carbocycles. The van der Waals surface area contributed by atoms with Crippen LogP contribution in [0, 0.1) is 11.3 Å². The van der Waals surface area contributed by atoms with Gasteiger partial charge in [-0.2, -0.15) is 5.26 Å². The van der Waals surface area contributed by atoms with Gasteiger partial charge in [0.05, 0.1) is 11.3 Å². The minimum absolute atomic E-state index is 0.521. The molecule has 0 unspecified atom stereocenters. The van der Waals surface area contributed by atoms with Gasteiger partial charge in [0.25, 0.3) is 0 Å². The lowest BCUT2D eigenvalue weighted by atomic mass is 10.1. The molecule has 0 atom stereocenters. The van der Waals surface area contributed by atoms with Crippen LogP contribution in [0.4, 0.5) is 11.4 Å². The number of nitrogen functional groups attached to an aromatic ring is 1. The van der Waals surface area contributed by atoms with Crippen LogP contribution in [0.25, 0.3) is 0 Å². The molecular weight excluding hydrogens is 326 g/mol. The van der Waals surface area contributed by atoms with Crippen molar-refractivity contribution in [3.63, 3.8) is 0 Å². The third-order valence-electron chi connectivity index (χ3n) is 3.68. The number of benzene rings is 2. The molecule has 1 saturated carbocycles. The molecule has 21 heavy (non-hydrogen) atoms. The Morgan fingerprint density at radius 2 is 2.05 bits per heavy atom. The van der Waals surface area contributed by atoms with Crippen LogP contribution in [0.3, 0.4) is 0 Å². The Labute approximate surface area is 133 Å². The number of halogens is 1. The third-order valence-corrected chi connectivity index (χ3v) is 4.17. The number of hydrogen-bond acceptors (Lipinski definition) is 3. The van der Waals surface area contributed by atoms with Crippen molar-refractivity contribution in [3.8, 4) is 6.07 Å². The summed E-state index contributed by atoms with van der Waals surface area (Å²) in [5, 5.41) is 9.36. The van der Waals surface area contributed by atoms with Crippen LogP contribution in [-0.4, -0.2) is 6.04 Å². The average Bonchev–Trinajstić information content (AvgIpc) is 3.29. The Kier molecular flexibility index (Phi) is 3.85. The predicted molar refractivity (Wildman–Crippen MR) is 88.9 cm³/mol. The molecule has 106 valence electrons. The number of rotatable bonds is 4. The number of hydrogen-bond donors (Lipinski definition) is 1. The normalized spacial score (nSPS) is 13.7. The van der Waals surface area contributed by atoms with Gasteiger partial charge in [-0.25, -0.2) is 0 Å². The number of anilines is 2. The first-order valence-corrected chi connectivity index (χ1v) is 7.77. The Bertz CT molecular complexity index is 701. The van der Waals surface area contributed by atoms with Crippen molar-refractivity contribution in [1.29, 1.82) is 5.26 Å². The summed E-state index contributed by atoms with van der Waals surface area (Å²) in [5.41, 5.74) is 9.53. The Morgan fingerprint density at radius 3 is 2.71 bits per heavy atom. The third kappa shape index (κ3) is 3.20. The van der Waals surface area contributed by atoms with Gasteiger partial charge in [0, 0.05) is 22.7 Å². The van der Waals surface area contributed by atoms with Crippen molar-refractivity contribution < 1.29 is 0 Å². The highest BCUT2D eigenvalue weighted by atomic mass is 79.9. The van der Waals surface area contributed by atoms with E-state index in [1.54, 1.807) is 0 Å². The van der Waals surface area contributed by atoms with E-state index >= 15 is 0 Å². The second kappa shape index (κ2) is 5.79. The fraction of sp³-hybridized carbons (Fsp3) is 0.235. The highest BCUT2D eigenvalue weighted by molar-refractivity contribution is 9.10. The van der Waals surface area contributed by atoms with Crippen LogP contribution in [0.15, 0.2) is 46.9 Å². The topological polar surface area (TPSA) is 53.0 Å². The molecule has 4 heteroatoms. The number of nitrogens with two attached hydrogens (primary N) is 1. The summed E-state index contributed by atoms with van der Waals surface area (Å²) in [5.74, 6) is 0. The van der Waals surface area contributed by atoms with E-state index in [-0.39, 0.29) is 0 Å². The van der Waals surface area contributed by atoms with Crippen LogP contribution in [0.1, 0.15) is 24.0 Å². The molecule has 0 spiro atoms. The van der Waals surface area contributed by atoms with E-state index in [9.17, 15) is 5.26 Å². The standard InChI is InChI=1S/C17H16BrN3/c18-14-5-4-13(10-19)17(9-14)21(16-6-7-16)11-12-2-1-3-15(20)8-12/h1-5,8-9,16H,6-7,11,20H2. The molecule has 1 aliphatic rings. The summed E-state index contributed by atoms with van der Waals surface area (Å²) < 4.78 is 0.995. The maximum absolute atomic E-state index is 9.36. The molecule has 3 nitrogen and oxygen atoms in total. The fourth-order valence-corrected chi connectivity index (χ4v) is 2.87. The van der Waals surface area contributed by atoms with Gasteiger partial charge in [-0.3, -0.25) is 0 Å². The van der Waals surface area contributed by atoms with E-state index in [1.807, 2.05) is 36.4 Å². The van der Waals surface area contributed by atoms with E-state index in [0.717, 1.165) is 22.4 Å². The number of nitrogens with zero attached hydrogens (tertiary/aromatic N) is 2. The monoisotopic (exact) mass is 341 g/mol. The molecule has 3 rings (SSSR count). The van der Waals surface area contributed by atoms with Crippen LogP contribution in [0.5, 0.6) is 0 Å². The highest BCUT2D eigenvalue weighted by Gasteiger charge is 2.30. The summed E-state index contributed by atoms with van der Waals surface area (Å²) >= 11 is 3.50. The van der Waals surface area contributed by atoms with Gasteiger partial charge in [0.1, 0.15) is 6.07 Å². The van der Waals surface area contributed by atoms with Crippen molar-refractivity contribution in [2.75, 3.05) is 10.6 Å². The van der Waals surface area contributed by atoms with Crippen molar-refractivity contribution >= 4 is 27.3 Å². The summed E-state index contributed by atoms with van der Waals surface area (Å²) in [6, 6.07) is 16.6. The zero-order chi connectivity index (χ0) is 14.8. The lowest BCUT2D eigenvalue weighted by molar-refractivity contribution is 0.793. The zero-order valence-corrected chi connectivity index (χ0v) is 13.2. The van der Waals surface area contributed by atoms with Gasteiger partial charge >= 0.3 is 0 Å². The molecule has 1 aliphatic carbocycles. The van der Waals surface area contributed by atoms with Gasteiger partial charge in [-0.1, -0.05) is 28.1 Å². The predicted octanol–water partition coefficient (Wildman–Crippen LogP) is 4.07. The summed E-state index contributed by atoms with van der Waals surface area (Å²) in [6.45, 7) is 0.779. The van der Waals surface area contributed by atoms with Crippen molar-refractivity contribution in [3.05, 3.63) is 58.1 Å². The van der Waals surface area contributed by atoms with Crippen molar-refractivity contribution in [1.82, 2.24) is 0 Å². The first-order chi connectivity index (χ1) is 10.2. The molecular formula is C17H16BrN3. The lowest BCUT2D eigenvalue weighted by Crippen LogP contribution is -2.26. The maximum atomic E-state index is 9.36.